The molecule has 0 unspecified atom stereocenters. The third-order valence-electron chi connectivity index (χ3n) is 4.21. The van der Waals surface area contributed by atoms with Crippen LogP contribution >= 0.6 is 19.4 Å². The van der Waals surface area contributed by atoms with Crippen molar-refractivity contribution in [3.8, 4) is 11.5 Å². The molecule has 0 radical (unpaired) electrons. The molecule has 1 aromatic rings. The minimum absolute atomic E-state index is 0. The first-order chi connectivity index (χ1) is 12.6. The van der Waals surface area contributed by atoms with Crippen LogP contribution in [0.2, 0.25) is 0 Å². The molecule has 0 atom stereocenters. The van der Waals surface area contributed by atoms with Gasteiger partial charge in [0.2, 0.25) is 5.36 Å². The van der Waals surface area contributed by atoms with Gasteiger partial charge in [-0.25, -0.2) is 9.56 Å². The predicted octanol–water partition coefficient (Wildman–Crippen LogP) is 1.87. The zero-order valence-electron chi connectivity index (χ0n) is 16.2. The van der Waals surface area contributed by atoms with Crippen molar-refractivity contribution in [3.63, 3.8) is 0 Å². The van der Waals surface area contributed by atoms with Crippen LogP contribution in [0.1, 0.15) is 26.3 Å². The fraction of sp³-hybridized carbons (Fsp3) is 0.368. The second-order valence-electron chi connectivity index (χ2n) is 5.80. The summed E-state index contributed by atoms with van der Waals surface area (Å²) in [5.41, 5.74) is 4.89. The van der Waals surface area contributed by atoms with Crippen LogP contribution in [-0.2, 0) is 15.1 Å². The number of rotatable bonds is 4. The van der Waals surface area contributed by atoms with Crippen LogP contribution in [0.25, 0.3) is 22.6 Å². The first kappa shape index (κ1) is 24.2. The Labute approximate surface area is 182 Å². The molecule has 0 saturated heterocycles. The van der Waals surface area contributed by atoms with Gasteiger partial charge in [-0.1, -0.05) is 0 Å². The number of benzene rings is 2. The number of fused-ring (bicyclic) bond motifs is 2. The number of halogens is 3. The molecule has 0 saturated carbocycles. The Hall–Kier alpha value is -0.867. The van der Waals surface area contributed by atoms with Crippen LogP contribution in [0.4, 0.5) is 5.69 Å². The molecule has 0 amide bonds. The van der Waals surface area contributed by atoms with Gasteiger partial charge in [-0.05, 0) is 45.4 Å². The summed E-state index contributed by atoms with van der Waals surface area (Å²) in [5.74, 6) is 0.827. The number of nitrogens with zero attached hydrogens (tertiary/aromatic N) is 2. The third-order valence-corrected chi connectivity index (χ3v) is 4.21. The summed E-state index contributed by atoms with van der Waals surface area (Å²) in [7, 11) is 9.90. The van der Waals surface area contributed by atoms with E-state index < -0.39 is 15.1 Å². The van der Waals surface area contributed by atoms with Crippen molar-refractivity contribution in [2.75, 3.05) is 25.0 Å². The van der Waals surface area contributed by atoms with Gasteiger partial charge < -0.3 is 22.1 Å². The molecule has 1 aliphatic heterocycles. The van der Waals surface area contributed by atoms with Crippen molar-refractivity contribution in [1.82, 2.24) is 9.56 Å². The van der Waals surface area contributed by atoms with Crippen molar-refractivity contribution in [2.24, 2.45) is 0 Å². The zero-order valence-corrected chi connectivity index (χ0v) is 21.4. The topological polar surface area (TPSA) is 41.1 Å². The molecule has 1 N–H and O–H groups in total. The van der Waals surface area contributed by atoms with Crippen LogP contribution < -0.4 is 27.7 Å². The minimum atomic E-state index is -0.931. The Bertz CT molecular complexity index is 908. The van der Waals surface area contributed by atoms with E-state index in [0.29, 0.717) is 0 Å². The normalized spacial score (nSPS) is 9.85. The summed E-state index contributed by atoms with van der Waals surface area (Å²) in [4.78, 5) is 4.75. The van der Waals surface area contributed by atoms with Gasteiger partial charge in [0, 0.05) is 24.4 Å². The van der Waals surface area contributed by atoms with Crippen LogP contribution in [0, 0.1) is 6.92 Å². The molecular formula is C19H24Cl3N3OZn. The molecule has 0 bridgehead atoms. The first-order valence-corrected chi connectivity index (χ1v) is 16.7. The van der Waals surface area contributed by atoms with E-state index in [1.165, 1.54) is 10.9 Å². The van der Waals surface area contributed by atoms with Crippen molar-refractivity contribution >= 4 is 36.2 Å². The Morgan fingerprint density at radius 1 is 1.11 bits per heavy atom. The van der Waals surface area contributed by atoms with Gasteiger partial charge >= 0.3 is 34.5 Å². The Balaban J connectivity index is 0.000000855. The Morgan fingerprint density at radius 3 is 2.37 bits per heavy atom. The molecule has 0 fully saturated rings. The summed E-state index contributed by atoms with van der Waals surface area (Å²) in [6, 6.07) is 10.4. The van der Waals surface area contributed by atoms with Crippen LogP contribution in [-0.4, -0.2) is 24.6 Å². The van der Waals surface area contributed by atoms with Gasteiger partial charge in [0.15, 0.2) is 11.3 Å². The molecule has 8 heteroatoms. The number of nitrogens with one attached hydrogen (secondary N) is 1. The summed E-state index contributed by atoms with van der Waals surface area (Å²) in [6.45, 7) is 11.4. The number of anilines is 1. The van der Waals surface area contributed by atoms with Crippen molar-refractivity contribution in [3.05, 3.63) is 41.3 Å². The average Bonchev–Trinajstić information content (AvgIpc) is 2.63. The second-order valence-corrected chi connectivity index (χ2v) is 10.4. The summed E-state index contributed by atoms with van der Waals surface area (Å²) in [5, 5.41) is 4.54. The van der Waals surface area contributed by atoms with Gasteiger partial charge in [-0.2, -0.15) is 0 Å². The van der Waals surface area contributed by atoms with E-state index in [-0.39, 0.29) is 12.4 Å². The van der Waals surface area contributed by atoms with Gasteiger partial charge in [-0.3, -0.25) is 0 Å². The van der Waals surface area contributed by atoms with E-state index in [1.807, 2.05) is 12.1 Å². The van der Waals surface area contributed by atoms with Gasteiger partial charge in [0.1, 0.15) is 24.3 Å². The van der Waals surface area contributed by atoms with Gasteiger partial charge in [-0.15, -0.1) is 0 Å². The van der Waals surface area contributed by atoms with E-state index in [2.05, 4.69) is 55.8 Å². The first-order valence-electron chi connectivity index (χ1n) is 8.86. The Morgan fingerprint density at radius 2 is 1.78 bits per heavy atom. The van der Waals surface area contributed by atoms with Crippen molar-refractivity contribution in [1.29, 1.82) is 0 Å². The zero-order chi connectivity index (χ0) is 19.1. The molecule has 0 spiro atoms. The molecule has 144 valence electrons. The maximum absolute atomic E-state index is 6.14. The maximum atomic E-state index is 6.14. The summed E-state index contributed by atoms with van der Waals surface area (Å²) in [6.07, 6.45) is 0. The number of aryl methyl sites for hydroxylation is 1. The van der Waals surface area contributed by atoms with E-state index >= 15 is 0 Å². The molecule has 3 rings (SSSR count). The summed E-state index contributed by atoms with van der Waals surface area (Å²) >= 11 is -0.931. The molecule has 4 nitrogen and oxygen atoms in total. The number of hydrogen-bond donors (Lipinski definition) is 1. The average molecular weight is 482 g/mol. The second kappa shape index (κ2) is 11.9. The predicted molar refractivity (Wildman–Crippen MR) is 108 cm³/mol. The van der Waals surface area contributed by atoms with Crippen LogP contribution in [0.15, 0.2) is 34.7 Å². The van der Waals surface area contributed by atoms with E-state index in [9.17, 15) is 0 Å². The number of aromatic nitrogens is 1. The van der Waals surface area contributed by atoms with Gasteiger partial charge in [0.05, 0.1) is 6.07 Å². The molecule has 2 aliphatic rings. The SMILES string of the molecule is CCNc1cc2oc3cc(=[N+](CC)CC)ccc-3nc2cc1C.[Cl-].[Cl][Zn][Cl]. The fourth-order valence-corrected chi connectivity index (χ4v) is 2.93. The Kier molecular flexibility index (Phi) is 10.6. The molecule has 1 aromatic carbocycles. The fourth-order valence-electron chi connectivity index (χ4n) is 2.93. The van der Waals surface area contributed by atoms with Crippen molar-refractivity contribution in [2.45, 2.75) is 27.7 Å². The third kappa shape index (κ3) is 6.05. The van der Waals surface area contributed by atoms with E-state index in [4.69, 9.17) is 28.8 Å². The van der Waals surface area contributed by atoms with Crippen molar-refractivity contribution < 1.29 is 32.0 Å². The molecule has 1 heterocycles. The molecule has 1 aliphatic carbocycles. The summed E-state index contributed by atoms with van der Waals surface area (Å²) < 4.78 is 8.44. The standard InChI is InChI=1S/C19H23N3O.3ClH.Zn/c1-5-20-16-12-19-17(10-13(16)4)21-15-9-8-14(11-18(15)23-19)22(6-2)7-3;;;;/h8-12H,5-7H2,1-4H3;3*1H;/q;;;;+2/p-2. The van der Waals surface area contributed by atoms with Crippen LogP contribution in [0.3, 0.4) is 0 Å². The molecular weight excluding hydrogens is 458 g/mol. The number of hydrogen-bond acceptors (Lipinski definition) is 3. The molecule has 27 heavy (non-hydrogen) atoms. The monoisotopic (exact) mass is 479 g/mol. The van der Waals surface area contributed by atoms with E-state index in [1.54, 1.807) is 0 Å². The molecule has 0 aromatic heterocycles. The quantitative estimate of drug-likeness (QED) is 0.351. The van der Waals surface area contributed by atoms with E-state index in [0.717, 1.165) is 47.9 Å². The van der Waals surface area contributed by atoms with Crippen LogP contribution in [0.5, 0.6) is 0 Å². The van der Waals surface area contributed by atoms with Gasteiger partial charge in [0.25, 0.3) is 0 Å².